The highest BCUT2D eigenvalue weighted by molar-refractivity contribution is 9.10. The van der Waals surface area contributed by atoms with Crippen molar-refractivity contribution >= 4 is 31.9 Å². The summed E-state index contributed by atoms with van der Waals surface area (Å²) in [6.45, 7) is 0. The molecule has 3 rings (SSSR count). The lowest BCUT2D eigenvalue weighted by molar-refractivity contribution is 0.429. The van der Waals surface area contributed by atoms with Gasteiger partial charge in [-0.25, -0.2) is 0 Å². The molecule has 4 nitrogen and oxygen atoms in total. The third-order valence-electron chi connectivity index (χ3n) is 2.32. The number of furan rings is 1. The fourth-order valence-electron chi connectivity index (χ4n) is 1.50. The summed E-state index contributed by atoms with van der Waals surface area (Å²) in [5.74, 6) is 1.43. The van der Waals surface area contributed by atoms with E-state index in [0.717, 1.165) is 10.0 Å². The molecule has 0 saturated carbocycles. The van der Waals surface area contributed by atoms with Gasteiger partial charge in [0.05, 0.1) is 5.56 Å². The number of hydrogen-bond donors (Lipinski definition) is 0. The Morgan fingerprint density at radius 3 is 2.56 bits per heavy atom. The molecule has 2 heterocycles. The number of nitrogens with zero attached hydrogens (tertiary/aromatic N) is 2. The van der Waals surface area contributed by atoms with Crippen molar-refractivity contribution in [2.24, 2.45) is 0 Å². The van der Waals surface area contributed by atoms with Gasteiger partial charge in [0.25, 0.3) is 5.89 Å². The highest BCUT2D eigenvalue weighted by atomic mass is 79.9. The Hall–Kier alpha value is -1.40. The zero-order valence-corrected chi connectivity index (χ0v) is 12.1. The zero-order valence-electron chi connectivity index (χ0n) is 8.93. The fraction of sp³-hybridized carbons (Fsp3) is 0. The summed E-state index contributed by atoms with van der Waals surface area (Å²) in [6, 6.07) is 11.2. The van der Waals surface area contributed by atoms with E-state index in [1.165, 1.54) is 0 Å². The van der Waals surface area contributed by atoms with Crippen LogP contribution in [0.5, 0.6) is 0 Å². The first-order valence-corrected chi connectivity index (χ1v) is 6.67. The average molecular weight is 370 g/mol. The molecule has 0 aliphatic rings. The van der Waals surface area contributed by atoms with E-state index < -0.39 is 0 Å². The van der Waals surface area contributed by atoms with Crippen LogP contribution in [0.3, 0.4) is 0 Å². The van der Waals surface area contributed by atoms with Gasteiger partial charge in [0.1, 0.15) is 0 Å². The van der Waals surface area contributed by atoms with Gasteiger partial charge in [-0.1, -0.05) is 17.3 Å². The maximum atomic E-state index is 5.37. The first kappa shape index (κ1) is 11.7. The highest BCUT2D eigenvalue weighted by Gasteiger charge is 2.14. The minimum Gasteiger partial charge on any atom is -0.446 e. The second kappa shape index (κ2) is 4.70. The van der Waals surface area contributed by atoms with Crippen molar-refractivity contribution in [2.45, 2.75) is 0 Å². The Kier molecular flexibility index (Phi) is 3.05. The van der Waals surface area contributed by atoms with Gasteiger partial charge in [-0.15, -0.1) is 0 Å². The zero-order chi connectivity index (χ0) is 12.5. The second-order valence-electron chi connectivity index (χ2n) is 3.51. The van der Waals surface area contributed by atoms with E-state index in [9.17, 15) is 0 Å². The van der Waals surface area contributed by atoms with Gasteiger partial charge in [-0.3, -0.25) is 0 Å². The molecule has 90 valence electrons. The molecule has 0 aliphatic heterocycles. The Morgan fingerprint density at radius 1 is 1.00 bits per heavy atom. The van der Waals surface area contributed by atoms with E-state index in [-0.39, 0.29) is 0 Å². The first-order chi connectivity index (χ1) is 8.74. The summed E-state index contributed by atoms with van der Waals surface area (Å²) in [5, 5.41) is 3.90. The lowest BCUT2D eigenvalue weighted by atomic mass is 10.2. The molecule has 6 heteroatoms. The van der Waals surface area contributed by atoms with Crippen LogP contribution in [0.15, 0.2) is 54.5 Å². The molecule has 0 radical (unpaired) electrons. The van der Waals surface area contributed by atoms with Crippen LogP contribution in [0.1, 0.15) is 0 Å². The summed E-state index contributed by atoms with van der Waals surface area (Å²) in [4.78, 5) is 4.30. The summed E-state index contributed by atoms with van der Waals surface area (Å²) in [7, 11) is 0. The Balaban J connectivity index is 2.02. The molecule has 0 saturated heterocycles. The molecule has 0 N–H and O–H groups in total. The highest BCUT2D eigenvalue weighted by Crippen LogP contribution is 2.29. The largest absolute Gasteiger partial charge is 0.446 e. The van der Waals surface area contributed by atoms with Crippen LogP contribution in [0.4, 0.5) is 0 Å². The Morgan fingerprint density at radius 2 is 1.83 bits per heavy atom. The van der Waals surface area contributed by atoms with Crippen LogP contribution in [0.25, 0.3) is 23.0 Å². The number of halogens is 2. The third-order valence-corrected chi connectivity index (χ3v) is 3.44. The molecule has 0 spiro atoms. The van der Waals surface area contributed by atoms with Gasteiger partial charge in [-0.2, -0.15) is 4.98 Å². The van der Waals surface area contributed by atoms with E-state index in [4.69, 9.17) is 8.94 Å². The van der Waals surface area contributed by atoms with E-state index in [1.807, 2.05) is 24.3 Å². The van der Waals surface area contributed by atoms with Gasteiger partial charge in [0, 0.05) is 4.47 Å². The minimum atomic E-state index is 0.423. The molecule has 18 heavy (non-hydrogen) atoms. The van der Waals surface area contributed by atoms with E-state index in [0.29, 0.717) is 22.1 Å². The number of aromatic nitrogens is 2. The first-order valence-electron chi connectivity index (χ1n) is 5.08. The van der Waals surface area contributed by atoms with Crippen molar-refractivity contribution in [3.63, 3.8) is 0 Å². The van der Waals surface area contributed by atoms with Crippen molar-refractivity contribution < 1.29 is 8.94 Å². The van der Waals surface area contributed by atoms with Crippen molar-refractivity contribution in [3.8, 4) is 23.0 Å². The predicted octanol–water partition coefficient (Wildman–Crippen LogP) is 4.52. The molecule has 3 aromatic rings. The summed E-state index contributed by atoms with van der Waals surface area (Å²) < 4.78 is 12.1. The second-order valence-corrected chi connectivity index (χ2v) is 5.14. The molecule has 0 aliphatic carbocycles. The van der Waals surface area contributed by atoms with Gasteiger partial charge >= 0.3 is 0 Å². The molecule has 2 aromatic heterocycles. The normalized spacial score (nSPS) is 10.8. The molecular weight excluding hydrogens is 364 g/mol. The van der Waals surface area contributed by atoms with Gasteiger partial charge in [-0.05, 0) is 56.1 Å². The molecule has 0 fully saturated rings. The average Bonchev–Trinajstić information content (AvgIpc) is 2.98. The van der Waals surface area contributed by atoms with Crippen LogP contribution < -0.4 is 0 Å². The third kappa shape index (κ3) is 2.13. The van der Waals surface area contributed by atoms with Crippen molar-refractivity contribution in [1.82, 2.24) is 10.1 Å². The van der Waals surface area contributed by atoms with Crippen molar-refractivity contribution in [3.05, 3.63) is 45.5 Å². The number of rotatable bonds is 2. The molecule has 1 aromatic carbocycles. The molecule has 0 unspecified atom stereocenters. The maximum Gasteiger partial charge on any atom is 0.259 e. The fourth-order valence-corrected chi connectivity index (χ4v) is 2.26. The van der Waals surface area contributed by atoms with Gasteiger partial charge < -0.3 is 8.94 Å². The number of benzene rings is 1. The van der Waals surface area contributed by atoms with E-state index in [2.05, 4.69) is 42.0 Å². The SMILES string of the molecule is Brc1ccc(-c2noc(-c3ccccc3Br)n2)o1. The quantitative estimate of drug-likeness (QED) is 0.666. The Labute approximate surface area is 119 Å². The summed E-state index contributed by atoms with van der Waals surface area (Å²) >= 11 is 6.68. The van der Waals surface area contributed by atoms with Crippen LogP contribution in [-0.4, -0.2) is 10.1 Å². The topological polar surface area (TPSA) is 52.1 Å². The molecular formula is C12H6Br2N2O2. The maximum absolute atomic E-state index is 5.37. The van der Waals surface area contributed by atoms with Gasteiger partial charge in [0.15, 0.2) is 10.4 Å². The molecule has 0 atom stereocenters. The van der Waals surface area contributed by atoms with Crippen LogP contribution in [-0.2, 0) is 0 Å². The smallest absolute Gasteiger partial charge is 0.259 e. The van der Waals surface area contributed by atoms with Crippen LogP contribution >= 0.6 is 31.9 Å². The molecule has 0 amide bonds. The Bertz CT molecular complexity index is 691. The number of hydrogen-bond acceptors (Lipinski definition) is 4. The standard InChI is InChI=1S/C12H6Br2N2O2/c13-8-4-2-1-3-7(8)12-15-11(16-18-12)9-5-6-10(14)17-9/h1-6H. The monoisotopic (exact) mass is 368 g/mol. The minimum absolute atomic E-state index is 0.423. The van der Waals surface area contributed by atoms with Crippen molar-refractivity contribution in [2.75, 3.05) is 0 Å². The summed E-state index contributed by atoms with van der Waals surface area (Å²) in [5.41, 5.74) is 0.849. The van der Waals surface area contributed by atoms with E-state index >= 15 is 0 Å². The lowest BCUT2D eigenvalue weighted by Crippen LogP contribution is -1.80. The van der Waals surface area contributed by atoms with Crippen molar-refractivity contribution in [1.29, 1.82) is 0 Å². The van der Waals surface area contributed by atoms with Crippen LogP contribution in [0.2, 0.25) is 0 Å². The predicted molar refractivity (Wildman–Crippen MR) is 72.8 cm³/mol. The summed E-state index contributed by atoms with van der Waals surface area (Å²) in [6.07, 6.45) is 0. The van der Waals surface area contributed by atoms with E-state index in [1.54, 1.807) is 12.1 Å². The lowest BCUT2D eigenvalue weighted by Gasteiger charge is -1.95. The van der Waals surface area contributed by atoms with Gasteiger partial charge in [0.2, 0.25) is 5.82 Å². The molecule has 0 bridgehead atoms. The van der Waals surface area contributed by atoms with Crippen LogP contribution in [0, 0.1) is 0 Å².